The Balaban J connectivity index is 1.94. The number of amides is 1. The van der Waals surface area contributed by atoms with E-state index in [0.717, 1.165) is 18.5 Å². The van der Waals surface area contributed by atoms with E-state index in [1.807, 2.05) is 0 Å². The molecule has 0 bridgehead atoms. The van der Waals surface area contributed by atoms with Crippen LogP contribution in [0, 0.1) is 6.92 Å². The number of aromatic nitrogens is 1. The van der Waals surface area contributed by atoms with E-state index in [-0.39, 0.29) is 31.3 Å². The predicted octanol–water partition coefficient (Wildman–Crippen LogP) is 2.00. The van der Waals surface area contributed by atoms with E-state index < -0.39 is 17.2 Å². The normalized spacial score (nSPS) is 11.4. The van der Waals surface area contributed by atoms with Gasteiger partial charge < -0.3 is 21.2 Å². The smallest absolute Gasteiger partial charge is 0.393 e. The molecule has 0 aliphatic heterocycles. The Hall–Kier alpha value is -3.63. The monoisotopic (exact) mass is 451 g/mol. The van der Waals surface area contributed by atoms with E-state index >= 15 is 0 Å². The quantitative estimate of drug-likeness (QED) is 0.220. The molecule has 1 aromatic carbocycles. The Kier molecular flexibility index (Phi) is 8.99. The molecule has 32 heavy (non-hydrogen) atoms. The lowest BCUT2D eigenvalue weighted by Crippen LogP contribution is -2.28. The van der Waals surface area contributed by atoms with Crippen LogP contribution in [0.25, 0.3) is 0 Å². The number of nitrogens with zero attached hydrogens (tertiary/aromatic N) is 2. The van der Waals surface area contributed by atoms with Gasteiger partial charge in [0.2, 0.25) is 11.3 Å². The second kappa shape index (κ2) is 11.7. The third-order valence-electron chi connectivity index (χ3n) is 4.42. The number of aryl methyl sites for hydroxylation is 1. The summed E-state index contributed by atoms with van der Waals surface area (Å²) in [5.41, 5.74) is 5.80. The Morgan fingerprint density at radius 2 is 1.97 bits per heavy atom. The maximum Gasteiger partial charge on any atom is 0.416 e. The summed E-state index contributed by atoms with van der Waals surface area (Å²) < 4.78 is 37.9. The first-order valence-corrected chi connectivity index (χ1v) is 9.72. The van der Waals surface area contributed by atoms with Crippen LogP contribution in [0.2, 0.25) is 0 Å². The summed E-state index contributed by atoms with van der Waals surface area (Å²) in [4.78, 5) is 33.4. The molecule has 0 radical (unpaired) electrons. The van der Waals surface area contributed by atoms with Crippen molar-refractivity contribution in [3.63, 3.8) is 0 Å². The molecule has 0 fully saturated rings. The second-order valence-corrected chi connectivity index (χ2v) is 6.81. The van der Waals surface area contributed by atoms with Crippen molar-refractivity contribution >= 4 is 18.1 Å². The van der Waals surface area contributed by atoms with Crippen LogP contribution in [0.4, 0.5) is 19.0 Å². The maximum atomic E-state index is 12.6. The molecule has 0 saturated heterocycles. The van der Waals surface area contributed by atoms with Crippen molar-refractivity contribution in [1.82, 2.24) is 10.3 Å². The number of hydrogen-bond donors (Lipinski definition) is 3. The van der Waals surface area contributed by atoms with Gasteiger partial charge in [-0.05, 0) is 48.2 Å². The number of benzene rings is 1. The number of halogens is 3. The number of anilines is 1. The number of nitrogens with two attached hydrogens (primary N) is 1. The molecule has 1 aromatic heterocycles. The molecule has 0 saturated carbocycles. The number of hydrogen-bond acceptors (Lipinski definition) is 6. The molecule has 4 N–H and O–H groups in total. The van der Waals surface area contributed by atoms with Crippen molar-refractivity contribution in [3.8, 4) is 0 Å². The molecule has 11 heteroatoms. The molecule has 1 heterocycles. The van der Waals surface area contributed by atoms with Gasteiger partial charge in [-0.3, -0.25) is 9.59 Å². The number of carbonyl (C=O) groups is 1. The zero-order chi connectivity index (χ0) is 23.6. The Morgan fingerprint density at radius 3 is 2.62 bits per heavy atom. The number of rotatable bonds is 10. The number of nitrogens with one attached hydrogen (secondary N) is 2. The van der Waals surface area contributed by atoms with Crippen molar-refractivity contribution in [2.24, 2.45) is 10.9 Å². The van der Waals surface area contributed by atoms with Gasteiger partial charge in [-0.2, -0.15) is 13.2 Å². The minimum absolute atomic E-state index is 0.0113. The minimum atomic E-state index is -4.38. The number of oxime groups is 1. The molecule has 0 spiro atoms. The Labute approximate surface area is 182 Å². The molecule has 0 aliphatic carbocycles. The Morgan fingerprint density at radius 1 is 1.25 bits per heavy atom. The highest BCUT2D eigenvalue weighted by atomic mass is 19.4. The lowest BCUT2D eigenvalue weighted by Gasteiger charge is -2.08. The second-order valence-electron chi connectivity index (χ2n) is 6.81. The molecule has 0 aliphatic rings. The highest BCUT2D eigenvalue weighted by Gasteiger charge is 2.29. The van der Waals surface area contributed by atoms with E-state index in [0.29, 0.717) is 29.7 Å². The summed E-state index contributed by atoms with van der Waals surface area (Å²) in [6.45, 7) is 2.42. The van der Waals surface area contributed by atoms with Crippen LogP contribution in [0.15, 0.2) is 46.5 Å². The molecule has 8 nitrogen and oxygen atoms in total. The number of carbonyl (C=O) groups excluding carboxylic acids is 1. The summed E-state index contributed by atoms with van der Waals surface area (Å²) in [5, 5.41) is 8.89. The number of alkyl halides is 3. The third kappa shape index (κ3) is 7.89. The first-order valence-electron chi connectivity index (χ1n) is 9.72. The topological polar surface area (TPSA) is 119 Å². The zero-order valence-electron chi connectivity index (χ0n) is 17.4. The van der Waals surface area contributed by atoms with Gasteiger partial charge in [-0.25, -0.2) is 4.98 Å². The summed E-state index contributed by atoms with van der Waals surface area (Å²) in [6, 6.07) is 6.18. The molecular formula is C21H24F3N5O3. The van der Waals surface area contributed by atoms with Gasteiger partial charge in [0.1, 0.15) is 12.9 Å². The van der Waals surface area contributed by atoms with Gasteiger partial charge in [0.05, 0.1) is 18.5 Å². The zero-order valence-corrected chi connectivity index (χ0v) is 17.4. The third-order valence-corrected chi connectivity index (χ3v) is 4.42. The summed E-state index contributed by atoms with van der Waals surface area (Å²) in [6.07, 6.45) is -1.50. The lowest BCUT2D eigenvalue weighted by molar-refractivity contribution is -0.137. The van der Waals surface area contributed by atoms with Crippen LogP contribution < -0.4 is 21.8 Å². The fourth-order valence-electron chi connectivity index (χ4n) is 2.72. The molecule has 2 rings (SSSR count). The largest absolute Gasteiger partial charge is 0.416 e. The van der Waals surface area contributed by atoms with E-state index in [4.69, 9.17) is 10.6 Å². The highest BCUT2D eigenvalue weighted by Crippen LogP contribution is 2.29. The van der Waals surface area contributed by atoms with E-state index in [2.05, 4.69) is 20.8 Å². The van der Waals surface area contributed by atoms with Gasteiger partial charge in [0, 0.05) is 12.7 Å². The van der Waals surface area contributed by atoms with Crippen LogP contribution in [0.5, 0.6) is 0 Å². The van der Waals surface area contributed by atoms with Crippen molar-refractivity contribution in [2.75, 3.05) is 25.0 Å². The molecule has 0 atom stereocenters. The lowest BCUT2D eigenvalue weighted by atomic mass is 10.1. The molecule has 172 valence electrons. The van der Waals surface area contributed by atoms with E-state index in [9.17, 15) is 22.8 Å². The fraction of sp³-hybridized carbons (Fsp3) is 0.333. The highest BCUT2D eigenvalue weighted by molar-refractivity contribution is 5.78. The fourth-order valence-corrected chi connectivity index (χ4v) is 2.72. The molecule has 0 unspecified atom stereocenters. The SMILES string of the molecule is Cc1cnc(NCCc2ccc(C(F)(F)F)cc2)c(=O)cc1CC(=O)NCCON=CN. The van der Waals surface area contributed by atoms with Crippen molar-refractivity contribution in [3.05, 3.63) is 69.0 Å². The Bertz CT molecular complexity index is 995. The van der Waals surface area contributed by atoms with Crippen LogP contribution in [-0.2, 0) is 28.7 Å². The molecule has 2 aromatic rings. The average Bonchev–Trinajstić information content (AvgIpc) is 2.86. The average molecular weight is 451 g/mol. The van der Waals surface area contributed by atoms with Crippen LogP contribution >= 0.6 is 0 Å². The predicted molar refractivity (Wildman–Crippen MR) is 114 cm³/mol. The summed E-state index contributed by atoms with van der Waals surface area (Å²) in [7, 11) is 0. The minimum Gasteiger partial charge on any atom is -0.393 e. The van der Waals surface area contributed by atoms with Gasteiger partial charge >= 0.3 is 6.18 Å². The van der Waals surface area contributed by atoms with Crippen molar-refractivity contribution in [2.45, 2.75) is 25.9 Å². The summed E-state index contributed by atoms with van der Waals surface area (Å²) >= 11 is 0. The van der Waals surface area contributed by atoms with Gasteiger partial charge in [0.15, 0.2) is 5.82 Å². The van der Waals surface area contributed by atoms with Crippen LogP contribution in [-0.4, -0.2) is 36.9 Å². The van der Waals surface area contributed by atoms with Crippen LogP contribution in [0.3, 0.4) is 0 Å². The van der Waals surface area contributed by atoms with Crippen LogP contribution in [0.1, 0.15) is 22.3 Å². The van der Waals surface area contributed by atoms with Gasteiger partial charge in [-0.1, -0.05) is 17.3 Å². The summed E-state index contributed by atoms with van der Waals surface area (Å²) in [5.74, 6) is -0.199. The van der Waals surface area contributed by atoms with E-state index in [1.165, 1.54) is 24.4 Å². The van der Waals surface area contributed by atoms with Crippen molar-refractivity contribution < 1.29 is 22.8 Å². The molecule has 1 amide bonds. The van der Waals surface area contributed by atoms with E-state index in [1.54, 1.807) is 6.92 Å². The van der Waals surface area contributed by atoms with Crippen molar-refractivity contribution in [1.29, 1.82) is 0 Å². The first-order chi connectivity index (χ1) is 15.2. The first kappa shape index (κ1) is 24.6. The van der Waals surface area contributed by atoms with Gasteiger partial charge in [0.25, 0.3) is 0 Å². The van der Waals surface area contributed by atoms with Gasteiger partial charge in [-0.15, -0.1) is 0 Å². The maximum absolute atomic E-state index is 12.6. The molecular weight excluding hydrogens is 427 g/mol. The standard InChI is InChI=1S/C21H24F3N5O3/c1-14-12-28-20(27-7-6-15-2-4-17(5-3-15)21(22,23)24)18(30)10-16(14)11-19(31)26-8-9-32-29-13-25/h2-5,10,12-13H,6-9,11H2,1H3,(H2,25,29)(H,26,31)(H,27,28,30).